The number of carbonyl (C=O) groups is 2. The molecule has 2 heterocycles. The Kier molecular flexibility index (Phi) is 4.86. The van der Waals surface area contributed by atoms with Crippen LogP contribution in [0.3, 0.4) is 0 Å². The standard InChI is InChI=1S/C20H16F3N3O2/c1-25-10-13(9-24)14(15(11-25)19(28)20(21,22)23)8-18(27)17-7-12-5-3-4-6-16(12)26(17)2/h3-7,10-11,14H,8H2,1-2H3. The highest BCUT2D eigenvalue weighted by molar-refractivity contribution is 6.04. The van der Waals surface area contributed by atoms with Gasteiger partial charge in [0.25, 0.3) is 5.78 Å². The molecule has 0 saturated carbocycles. The van der Waals surface area contributed by atoms with Gasteiger partial charge in [0.1, 0.15) is 0 Å². The number of para-hydroxylation sites is 1. The molecule has 28 heavy (non-hydrogen) atoms. The molecule has 0 N–H and O–H groups in total. The van der Waals surface area contributed by atoms with E-state index in [1.54, 1.807) is 17.7 Å². The number of hydrogen-bond donors (Lipinski definition) is 0. The van der Waals surface area contributed by atoms with Crippen molar-refractivity contribution in [3.05, 3.63) is 59.6 Å². The first-order valence-electron chi connectivity index (χ1n) is 8.38. The van der Waals surface area contributed by atoms with Gasteiger partial charge in [0.2, 0.25) is 0 Å². The minimum absolute atomic E-state index is 0.0651. The quantitative estimate of drug-likeness (QED) is 0.750. The molecule has 0 aliphatic carbocycles. The Morgan fingerprint density at radius 2 is 1.86 bits per heavy atom. The van der Waals surface area contributed by atoms with Crippen LogP contribution >= 0.6 is 0 Å². The summed E-state index contributed by atoms with van der Waals surface area (Å²) in [7, 11) is 3.10. The number of rotatable bonds is 4. The molecule has 0 radical (unpaired) electrons. The van der Waals surface area contributed by atoms with Crippen LogP contribution in [0.15, 0.2) is 53.9 Å². The van der Waals surface area contributed by atoms with Crippen molar-refractivity contribution in [3.63, 3.8) is 0 Å². The molecule has 144 valence electrons. The van der Waals surface area contributed by atoms with E-state index in [-0.39, 0.29) is 5.57 Å². The number of carbonyl (C=O) groups excluding carboxylic acids is 2. The highest BCUT2D eigenvalue weighted by Crippen LogP contribution is 2.35. The van der Waals surface area contributed by atoms with E-state index in [2.05, 4.69) is 0 Å². The molecule has 1 aromatic carbocycles. The Labute approximate surface area is 158 Å². The number of allylic oxidation sites excluding steroid dienone is 2. The van der Waals surface area contributed by atoms with E-state index in [0.29, 0.717) is 5.69 Å². The predicted molar refractivity (Wildman–Crippen MR) is 96.0 cm³/mol. The summed E-state index contributed by atoms with van der Waals surface area (Å²) in [4.78, 5) is 26.0. The maximum absolute atomic E-state index is 13.0. The molecule has 8 heteroatoms. The van der Waals surface area contributed by atoms with Gasteiger partial charge in [-0.2, -0.15) is 18.4 Å². The van der Waals surface area contributed by atoms with E-state index in [1.807, 2.05) is 30.3 Å². The molecular weight excluding hydrogens is 371 g/mol. The van der Waals surface area contributed by atoms with Gasteiger partial charge in [-0.05, 0) is 12.1 Å². The van der Waals surface area contributed by atoms with Gasteiger partial charge < -0.3 is 9.47 Å². The molecule has 0 saturated heterocycles. The van der Waals surface area contributed by atoms with Crippen molar-refractivity contribution in [2.45, 2.75) is 12.6 Å². The number of nitriles is 1. The minimum atomic E-state index is -5.09. The predicted octanol–water partition coefficient (Wildman–Crippen LogP) is 3.74. The molecule has 1 aliphatic heterocycles. The third-order valence-corrected chi connectivity index (χ3v) is 4.71. The molecular formula is C20H16F3N3O2. The van der Waals surface area contributed by atoms with E-state index < -0.39 is 35.7 Å². The number of benzene rings is 1. The minimum Gasteiger partial charge on any atom is -0.356 e. The Morgan fingerprint density at radius 1 is 1.18 bits per heavy atom. The molecule has 2 aromatic rings. The van der Waals surface area contributed by atoms with Crippen molar-refractivity contribution in [2.75, 3.05) is 7.05 Å². The maximum atomic E-state index is 13.0. The number of ketones is 2. The summed E-state index contributed by atoms with van der Waals surface area (Å²) in [6.07, 6.45) is -3.15. The Morgan fingerprint density at radius 3 is 2.46 bits per heavy atom. The summed E-state index contributed by atoms with van der Waals surface area (Å²) in [5.74, 6) is -3.74. The van der Waals surface area contributed by atoms with Crippen LogP contribution in [-0.4, -0.2) is 34.3 Å². The molecule has 1 aliphatic rings. The van der Waals surface area contributed by atoms with Crippen molar-refractivity contribution >= 4 is 22.5 Å². The zero-order valence-corrected chi connectivity index (χ0v) is 15.1. The van der Waals surface area contributed by atoms with Gasteiger partial charge in [0, 0.05) is 55.3 Å². The first kappa shape index (κ1) is 19.4. The van der Waals surface area contributed by atoms with Crippen LogP contribution in [0.1, 0.15) is 16.9 Å². The molecule has 0 bridgehead atoms. The van der Waals surface area contributed by atoms with Crippen LogP contribution in [0.5, 0.6) is 0 Å². The highest BCUT2D eigenvalue weighted by Gasteiger charge is 2.45. The van der Waals surface area contributed by atoms with Crippen LogP contribution in [0.2, 0.25) is 0 Å². The largest absolute Gasteiger partial charge is 0.454 e. The van der Waals surface area contributed by atoms with E-state index in [1.165, 1.54) is 18.1 Å². The van der Waals surface area contributed by atoms with Crippen LogP contribution in [0.4, 0.5) is 13.2 Å². The number of alkyl halides is 3. The first-order valence-corrected chi connectivity index (χ1v) is 8.38. The smallest absolute Gasteiger partial charge is 0.356 e. The molecule has 1 aromatic heterocycles. The number of hydrogen-bond acceptors (Lipinski definition) is 4. The number of aryl methyl sites for hydroxylation is 1. The van der Waals surface area contributed by atoms with Gasteiger partial charge in [0.05, 0.1) is 17.3 Å². The lowest BCUT2D eigenvalue weighted by Gasteiger charge is -2.26. The third-order valence-electron chi connectivity index (χ3n) is 4.71. The molecule has 1 atom stereocenters. The summed E-state index contributed by atoms with van der Waals surface area (Å²) >= 11 is 0. The number of Topliss-reactive ketones (excluding diaryl/α,β-unsaturated/α-hetero) is 2. The Hall–Kier alpha value is -3.34. The van der Waals surface area contributed by atoms with Gasteiger partial charge in [-0.25, -0.2) is 0 Å². The topological polar surface area (TPSA) is 66.1 Å². The SMILES string of the molecule is CN1C=C(C#N)C(CC(=O)c2cc3ccccc3n2C)C(C(=O)C(F)(F)F)=C1. The fraction of sp³-hybridized carbons (Fsp3) is 0.250. The van der Waals surface area contributed by atoms with Crippen LogP contribution in [-0.2, 0) is 11.8 Å². The van der Waals surface area contributed by atoms with Crippen molar-refractivity contribution in [1.29, 1.82) is 5.26 Å². The summed E-state index contributed by atoms with van der Waals surface area (Å²) in [6, 6.07) is 10.7. The van der Waals surface area contributed by atoms with Crippen LogP contribution in [0.25, 0.3) is 10.9 Å². The summed E-state index contributed by atoms with van der Waals surface area (Å²) in [5.41, 5.74) is 0.425. The van der Waals surface area contributed by atoms with E-state index >= 15 is 0 Å². The van der Waals surface area contributed by atoms with E-state index in [9.17, 15) is 28.0 Å². The normalized spacial score (nSPS) is 17.1. The second kappa shape index (κ2) is 7.00. The number of nitrogens with zero attached hydrogens (tertiary/aromatic N) is 3. The van der Waals surface area contributed by atoms with E-state index in [4.69, 9.17) is 0 Å². The van der Waals surface area contributed by atoms with Gasteiger partial charge >= 0.3 is 6.18 Å². The van der Waals surface area contributed by atoms with E-state index in [0.717, 1.165) is 17.1 Å². The lowest BCUT2D eigenvalue weighted by Crippen LogP contribution is -2.33. The summed E-state index contributed by atoms with van der Waals surface area (Å²) in [6.45, 7) is 0. The maximum Gasteiger partial charge on any atom is 0.454 e. The number of halogens is 3. The zero-order valence-electron chi connectivity index (χ0n) is 15.1. The lowest BCUT2D eigenvalue weighted by molar-refractivity contribution is -0.167. The average Bonchev–Trinajstić information content (AvgIpc) is 2.98. The average molecular weight is 387 g/mol. The van der Waals surface area contributed by atoms with Crippen molar-refractivity contribution < 1.29 is 22.8 Å². The number of fused-ring (bicyclic) bond motifs is 1. The number of aromatic nitrogens is 1. The first-order chi connectivity index (χ1) is 13.1. The molecule has 0 spiro atoms. The molecule has 0 amide bonds. The van der Waals surface area contributed by atoms with Crippen LogP contribution in [0, 0.1) is 17.2 Å². The van der Waals surface area contributed by atoms with Crippen LogP contribution < -0.4 is 0 Å². The van der Waals surface area contributed by atoms with Crippen molar-refractivity contribution in [3.8, 4) is 6.07 Å². The third kappa shape index (κ3) is 3.43. The molecule has 0 fully saturated rings. The Balaban J connectivity index is 1.99. The zero-order chi connectivity index (χ0) is 20.6. The highest BCUT2D eigenvalue weighted by atomic mass is 19.4. The summed E-state index contributed by atoms with van der Waals surface area (Å²) in [5, 5.41) is 10.2. The van der Waals surface area contributed by atoms with Gasteiger partial charge in [-0.1, -0.05) is 18.2 Å². The fourth-order valence-electron chi connectivity index (χ4n) is 3.38. The second-order valence-corrected chi connectivity index (χ2v) is 6.60. The van der Waals surface area contributed by atoms with Crippen molar-refractivity contribution in [1.82, 2.24) is 9.47 Å². The summed E-state index contributed by atoms with van der Waals surface area (Å²) < 4.78 is 40.7. The lowest BCUT2D eigenvalue weighted by atomic mass is 9.83. The Bertz CT molecular complexity index is 1070. The fourth-order valence-corrected chi connectivity index (χ4v) is 3.38. The molecule has 5 nitrogen and oxygen atoms in total. The molecule has 3 rings (SSSR count). The second-order valence-electron chi connectivity index (χ2n) is 6.60. The van der Waals surface area contributed by atoms with Gasteiger partial charge in [0.15, 0.2) is 5.78 Å². The van der Waals surface area contributed by atoms with Crippen molar-refractivity contribution in [2.24, 2.45) is 13.0 Å². The van der Waals surface area contributed by atoms with Gasteiger partial charge in [-0.15, -0.1) is 0 Å². The molecule has 1 unspecified atom stereocenters. The monoisotopic (exact) mass is 387 g/mol. The van der Waals surface area contributed by atoms with Gasteiger partial charge in [-0.3, -0.25) is 9.59 Å².